The van der Waals surface area contributed by atoms with Gasteiger partial charge in [0.05, 0.1) is 17.4 Å². The zero-order valence-corrected chi connectivity index (χ0v) is 37.8. The lowest BCUT2D eigenvalue weighted by Gasteiger charge is -2.42. The van der Waals surface area contributed by atoms with E-state index in [2.05, 4.69) is 36.4 Å². The number of urea groups is 1. The predicted octanol–water partition coefficient (Wildman–Crippen LogP) is 4.09. The summed E-state index contributed by atoms with van der Waals surface area (Å²) in [5, 5.41) is 6.30. The Bertz CT molecular complexity index is 2620. The van der Waals surface area contributed by atoms with Crippen molar-refractivity contribution < 1.29 is 24.0 Å². The monoisotopic (exact) mass is 898 g/mol. The van der Waals surface area contributed by atoms with Gasteiger partial charge in [0.1, 0.15) is 17.5 Å². The number of piperidine rings is 2. The molecule has 2 N–H and O–H groups in total. The van der Waals surface area contributed by atoms with Crippen LogP contribution in [0.5, 0.6) is 0 Å². The topological polar surface area (TPSA) is 190 Å². The van der Waals surface area contributed by atoms with Crippen LogP contribution < -0.4 is 26.0 Å². The van der Waals surface area contributed by atoms with E-state index in [-0.39, 0.29) is 47.2 Å². The summed E-state index contributed by atoms with van der Waals surface area (Å²) in [6, 6.07) is 9.31. The molecular weight excluding hydrogens is 841 g/mol. The fourth-order valence-electron chi connectivity index (χ4n) is 11.0. The lowest BCUT2D eigenvalue weighted by molar-refractivity contribution is -0.136. The van der Waals surface area contributed by atoms with Gasteiger partial charge in [-0.3, -0.25) is 38.8 Å². The summed E-state index contributed by atoms with van der Waals surface area (Å²) in [6.07, 6.45) is 9.97. The van der Waals surface area contributed by atoms with Crippen molar-refractivity contribution in [3.63, 3.8) is 0 Å². The van der Waals surface area contributed by atoms with Crippen molar-refractivity contribution in [1.29, 1.82) is 0 Å². The molecule has 0 bridgehead atoms. The van der Waals surface area contributed by atoms with Crippen LogP contribution in [0.15, 0.2) is 47.5 Å². The van der Waals surface area contributed by atoms with Crippen molar-refractivity contribution in [3.05, 3.63) is 75.3 Å². The number of rotatable bonds is 9. The number of nitrogens with one attached hydrogen (secondary N) is 2. The highest BCUT2D eigenvalue weighted by Crippen LogP contribution is 2.34. The molecule has 18 nitrogen and oxygen atoms in total. The largest absolute Gasteiger partial charge is 0.368 e. The minimum absolute atomic E-state index is 0.00915. The number of likely N-dealkylation sites (tertiary alicyclic amines) is 1. The molecule has 5 amide bonds. The van der Waals surface area contributed by atoms with Gasteiger partial charge in [-0.1, -0.05) is 12.8 Å². The van der Waals surface area contributed by atoms with Gasteiger partial charge < -0.3 is 29.8 Å². The van der Waals surface area contributed by atoms with E-state index in [9.17, 15) is 28.8 Å². The van der Waals surface area contributed by atoms with Gasteiger partial charge in [-0.15, -0.1) is 0 Å². The first-order valence-corrected chi connectivity index (χ1v) is 23.7. The maximum absolute atomic E-state index is 13.6. The van der Waals surface area contributed by atoms with E-state index in [1.165, 1.54) is 6.92 Å². The van der Waals surface area contributed by atoms with Gasteiger partial charge in [0.2, 0.25) is 17.8 Å². The molecular formula is C48H58N12O6. The lowest BCUT2D eigenvalue weighted by Crippen LogP contribution is -2.54. The Morgan fingerprint density at radius 3 is 2.18 bits per heavy atom. The maximum atomic E-state index is 13.6. The number of carbonyl (C=O) groups is 5. The molecule has 0 radical (unpaired) electrons. The molecule has 1 unspecified atom stereocenters. The van der Waals surface area contributed by atoms with Gasteiger partial charge in [0.25, 0.3) is 11.5 Å². The van der Waals surface area contributed by atoms with E-state index in [0.29, 0.717) is 79.0 Å². The second kappa shape index (κ2) is 18.1. The van der Waals surface area contributed by atoms with Crippen LogP contribution in [0.2, 0.25) is 0 Å². The van der Waals surface area contributed by atoms with Crippen LogP contribution in [0.3, 0.4) is 0 Å². The molecule has 5 fully saturated rings. The van der Waals surface area contributed by atoms with Crippen LogP contribution in [0.25, 0.3) is 11.0 Å². The van der Waals surface area contributed by atoms with Crippen LogP contribution in [-0.2, 0) is 16.1 Å². The van der Waals surface area contributed by atoms with Gasteiger partial charge in [0.15, 0.2) is 5.78 Å². The third kappa shape index (κ3) is 8.46. The third-order valence-electron chi connectivity index (χ3n) is 14.8. The van der Waals surface area contributed by atoms with Crippen LogP contribution in [0.4, 0.5) is 27.9 Å². The SMILES string of the molecule is CC(=O)c1c(C)c2cnc(Nc3ccc(N4CCN(CC5CCN(C(=O)N6CCN(c7ccc8c(c7)CN(C7CCC(=O)NC7=O)C8=O)CC6)CC5)CC4)cn3)nc2n(C2CCCC2)c1=O. The Balaban J connectivity index is 0.667. The number of anilines is 4. The van der Waals surface area contributed by atoms with Crippen LogP contribution in [0.1, 0.15) is 96.2 Å². The number of amides is 5. The summed E-state index contributed by atoms with van der Waals surface area (Å²) in [7, 11) is 0. The molecule has 8 heterocycles. The zero-order valence-electron chi connectivity index (χ0n) is 37.8. The second-order valence-electron chi connectivity index (χ2n) is 18.8. The Kier molecular flexibility index (Phi) is 11.9. The van der Waals surface area contributed by atoms with E-state index in [4.69, 9.17) is 9.97 Å². The summed E-state index contributed by atoms with van der Waals surface area (Å²) < 4.78 is 1.72. The Morgan fingerprint density at radius 1 is 0.788 bits per heavy atom. The summed E-state index contributed by atoms with van der Waals surface area (Å²) in [6.45, 7) is 12.5. The molecule has 10 rings (SSSR count). The fraction of sp³-hybridized carbons (Fsp3) is 0.521. The number of carbonyl (C=O) groups excluding carboxylic acids is 5. The molecule has 1 atom stereocenters. The highest BCUT2D eigenvalue weighted by Gasteiger charge is 2.40. The average Bonchev–Trinajstić information content (AvgIpc) is 3.97. The van der Waals surface area contributed by atoms with Gasteiger partial charge >= 0.3 is 6.03 Å². The van der Waals surface area contributed by atoms with E-state index in [0.717, 1.165) is 101 Å². The van der Waals surface area contributed by atoms with Crippen molar-refractivity contribution >= 4 is 63.7 Å². The molecule has 3 aromatic heterocycles. The molecule has 66 heavy (non-hydrogen) atoms. The molecule has 18 heteroatoms. The molecule has 1 saturated carbocycles. The Labute approximate surface area is 383 Å². The van der Waals surface area contributed by atoms with Crippen LogP contribution >= 0.6 is 0 Å². The normalized spacial score (nSPS) is 21.2. The maximum Gasteiger partial charge on any atom is 0.320 e. The second-order valence-corrected chi connectivity index (χ2v) is 18.8. The van der Waals surface area contributed by atoms with Crippen molar-refractivity contribution in [2.24, 2.45) is 5.92 Å². The number of hydrogen-bond acceptors (Lipinski definition) is 13. The quantitative estimate of drug-likeness (QED) is 0.181. The van der Waals surface area contributed by atoms with E-state index >= 15 is 0 Å². The molecule has 6 aliphatic rings. The number of Topliss-reactive ketones (excluding diaryl/α,β-unsaturated/α-hetero) is 1. The van der Waals surface area contributed by atoms with Gasteiger partial charge in [0, 0.05) is 114 Å². The Hall–Kier alpha value is -6.43. The van der Waals surface area contributed by atoms with E-state index in [1.807, 2.05) is 40.3 Å². The van der Waals surface area contributed by atoms with Crippen molar-refractivity contribution in [2.45, 2.75) is 83.8 Å². The smallest absolute Gasteiger partial charge is 0.320 e. The van der Waals surface area contributed by atoms with E-state index < -0.39 is 11.9 Å². The van der Waals surface area contributed by atoms with Crippen LogP contribution in [0, 0.1) is 12.8 Å². The van der Waals surface area contributed by atoms with Gasteiger partial charge in [-0.05, 0) is 93.3 Å². The number of pyridine rings is 2. The highest BCUT2D eigenvalue weighted by molar-refractivity contribution is 6.05. The first-order valence-electron chi connectivity index (χ1n) is 23.7. The highest BCUT2D eigenvalue weighted by atomic mass is 16.2. The zero-order chi connectivity index (χ0) is 45.6. The summed E-state index contributed by atoms with van der Waals surface area (Å²) in [4.78, 5) is 104. The van der Waals surface area contributed by atoms with Crippen LogP contribution in [-0.4, -0.2) is 147 Å². The van der Waals surface area contributed by atoms with Gasteiger partial charge in [-0.2, -0.15) is 4.98 Å². The Morgan fingerprint density at radius 2 is 1.48 bits per heavy atom. The molecule has 1 aromatic carbocycles. The number of piperazine rings is 2. The van der Waals surface area contributed by atoms with Gasteiger partial charge in [-0.25, -0.2) is 14.8 Å². The first-order chi connectivity index (χ1) is 32.0. The summed E-state index contributed by atoms with van der Waals surface area (Å²) >= 11 is 0. The first kappa shape index (κ1) is 43.5. The molecule has 4 aromatic rings. The third-order valence-corrected chi connectivity index (χ3v) is 14.8. The minimum atomic E-state index is -0.635. The minimum Gasteiger partial charge on any atom is -0.368 e. The number of benzene rings is 1. The standard InChI is InChI=1S/C48H58N12O6/c1-30-38-27-50-47(53-43(38)60(34-5-3-4-6-34)46(65)42(30)31(2)61)51-40-11-8-36(26-49-40)56-19-17-54(18-20-56)28-32-13-15-57(16-14-32)48(66)58-23-21-55(22-24-58)35-7-9-37-33(25-35)29-59(45(37)64)39-10-12-41(62)52-44(39)63/h7-9,11,25-27,32,34,39H,3-6,10,12-24,28-29H2,1-2H3,(H,52,62,63)(H,49,50,51,53). The summed E-state index contributed by atoms with van der Waals surface area (Å²) in [5.74, 6) is 0.380. The van der Waals surface area contributed by atoms with Crippen molar-refractivity contribution in [1.82, 2.24) is 44.4 Å². The number of fused-ring (bicyclic) bond motifs is 2. The van der Waals surface area contributed by atoms with Crippen molar-refractivity contribution in [3.8, 4) is 0 Å². The number of aromatic nitrogens is 4. The number of ketones is 1. The number of aryl methyl sites for hydroxylation is 1. The van der Waals surface area contributed by atoms with Crippen molar-refractivity contribution in [2.75, 3.05) is 87.1 Å². The molecule has 4 saturated heterocycles. The average molecular weight is 899 g/mol. The lowest BCUT2D eigenvalue weighted by atomic mass is 9.96. The summed E-state index contributed by atoms with van der Waals surface area (Å²) in [5.41, 5.74) is 4.65. The predicted molar refractivity (Wildman–Crippen MR) is 248 cm³/mol. The molecule has 0 spiro atoms. The number of nitrogens with zero attached hydrogens (tertiary/aromatic N) is 10. The fourth-order valence-corrected chi connectivity index (χ4v) is 11.0. The number of hydrogen-bond donors (Lipinski definition) is 2. The molecule has 346 valence electrons. The van der Waals surface area contributed by atoms with E-state index in [1.54, 1.807) is 22.6 Å². The molecule has 1 aliphatic carbocycles. The molecule has 5 aliphatic heterocycles. The number of imide groups is 1.